The third-order valence-electron chi connectivity index (χ3n) is 4.98. The molecule has 0 saturated carbocycles. The van der Waals surface area contributed by atoms with Crippen LogP contribution in [0.25, 0.3) is 22.3 Å². The zero-order chi connectivity index (χ0) is 22.1. The number of amides is 1. The summed E-state index contributed by atoms with van der Waals surface area (Å²) >= 11 is 1.32. The van der Waals surface area contributed by atoms with Gasteiger partial charge in [-0.15, -0.1) is 0 Å². The van der Waals surface area contributed by atoms with Crippen molar-refractivity contribution >= 4 is 39.4 Å². The van der Waals surface area contributed by atoms with Gasteiger partial charge in [0.2, 0.25) is 5.12 Å². The Balaban J connectivity index is 1.93. The van der Waals surface area contributed by atoms with Gasteiger partial charge in [0.15, 0.2) is 0 Å². The molecule has 0 aliphatic carbocycles. The number of carbonyl (C=O) groups excluding carboxylic acids is 2. The van der Waals surface area contributed by atoms with E-state index in [-0.39, 0.29) is 29.5 Å². The fourth-order valence-corrected chi connectivity index (χ4v) is 4.41. The molecule has 0 radical (unpaired) electrons. The van der Waals surface area contributed by atoms with Crippen molar-refractivity contribution < 1.29 is 23.1 Å². The molecule has 1 amide bonds. The monoisotopic (exact) mass is 442 g/mol. The zero-order valence-corrected chi connectivity index (χ0v) is 18.3. The number of ether oxygens (including phenoxy) is 1. The molecule has 0 spiro atoms. The van der Waals surface area contributed by atoms with Crippen molar-refractivity contribution in [3.63, 3.8) is 0 Å². The molecule has 1 fully saturated rings. The minimum Gasteiger partial charge on any atom is -0.489 e. The smallest absolute Gasteiger partial charge is 0.255 e. The van der Waals surface area contributed by atoms with Crippen molar-refractivity contribution in [3.05, 3.63) is 47.8 Å². The van der Waals surface area contributed by atoms with Crippen molar-refractivity contribution in [2.45, 2.75) is 20.0 Å². The van der Waals surface area contributed by atoms with Gasteiger partial charge < -0.3 is 19.4 Å². The van der Waals surface area contributed by atoms with Gasteiger partial charge in [0.05, 0.1) is 23.9 Å². The first kappa shape index (κ1) is 21.2. The molecule has 0 bridgehead atoms. The van der Waals surface area contributed by atoms with Crippen LogP contribution in [-0.2, 0) is 4.79 Å². The minimum atomic E-state index is -0.371. The maximum absolute atomic E-state index is 13.4. The molecule has 6 nitrogen and oxygen atoms in total. The molecule has 1 aliphatic rings. The maximum atomic E-state index is 13.4. The molecule has 4 rings (SSSR count). The summed E-state index contributed by atoms with van der Waals surface area (Å²) in [5.41, 5.74) is 2.19. The van der Waals surface area contributed by atoms with E-state index in [1.807, 2.05) is 24.8 Å². The van der Waals surface area contributed by atoms with Gasteiger partial charge >= 0.3 is 0 Å². The zero-order valence-electron chi connectivity index (χ0n) is 17.5. The summed E-state index contributed by atoms with van der Waals surface area (Å²) in [6, 6.07) is 9.41. The largest absolute Gasteiger partial charge is 0.489 e. The second-order valence-electron chi connectivity index (χ2n) is 7.52. The van der Waals surface area contributed by atoms with Crippen LogP contribution in [0.4, 0.5) is 10.1 Å². The summed E-state index contributed by atoms with van der Waals surface area (Å²) in [6.45, 7) is 4.82. The Bertz CT molecular complexity index is 1140. The summed E-state index contributed by atoms with van der Waals surface area (Å²) in [5, 5.41) is 3.34. The van der Waals surface area contributed by atoms with Crippen LogP contribution in [0, 0.1) is 5.82 Å². The summed E-state index contributed by atoms with van der Waals surface area (Å²) < 4.78 is 25.6. The van der Waals surface area contributed by atoms with Crippen LogP contribution in [0.1, 0.15) is 24.2 Å². The highest BCUT2D eigenvalue weighted by molar-refractivity contribution is 8.13. The van der Waals surface area contributed by atoms with Crippen LogP contribution in [0.2, 0.25) is 0 Å². The van der Waals surface area contributed by atoms with Crippen molar-refractivity contribution in [3.8, 4) is 17.1 Å². The predicted octanol–water partition coefficient (Wildman–Crippen LogP) is 4.47. The Morgan fingerprint density at radius 2 is 2.00 bits per heavy atom. The average molecular weight is 443 g/mol. The molecule has 1 aliphatic heterocycles. The van der Waals surface area contributed by atoms with E-state index in [9.17, 15) is 14.0 Å². The minimum absolute atomic E-state index is 0.0966. The van der Waals surface area contributed by atoms with Crippen LogP contribution < -0.4 is 15.0 Å². The number of carbonyl (C=O) groups is 2. The molecule has 2 heterocycles. The topological polar surface area (TPSA) is 71.8 Å². The number of hydrogen-bond acceptors (Lipinski definition) is 6. The van der Waals surface area contributed by atoms with Gasteiger partial charge in [-0.3, -0.25) is 9.59 Å². The highest BCUT2D eigenvalue weighted by atomic mass is 32.2. The van der Waals surface area contributed by atoms with Crippen LogP contribution in [0.15, 0.2) is 40.8 Å². The second kappa shape index (κ2) is 8.63. The molecule has 3 aromatic rings. The molecule has 1 saturated heterocycles. The maximum Gasteiger partial charge on any atom is 0.255 e. The Labute approximate surface area is 183 Å². The first-order valence-corrected chi connectivity index (χ1v) is 11.0. The molecule has 162 valence electrons. The third-order valence-corrected chi connectivity index (χ3v) is 5.82. The van der Waals surface area contributed by atoms with E-state index in [0.29, 0.717) is 45.9 Å². The fourth-order valence-electron chi connectivity index (χ4n) is 3.62. The number of rotatable bonds is 5. The number of hydrogen-bond donors (Lipinski definition) is 1. The lowest BCUT2D eigenvalue weighted by Crippen LogP contribution is -2.35. The van der Waals surface area contributed by atoms with E-state index in [2.05, 4.69) is 5.32 Å². The third kappa shape index (κ3) is 4.25. The lowest BCUT2D eigenvalue weighted by Gasteiger charge is -2.29. The first-order chi connectivity index (χ1) is 14.9. The number of thioether (sulfide) groups is 1. The standard InChI is InChI=1S/C23H23FN2O4S/c1-13(2)29-19-10-16-18(11-17(19)26-8-9-31-20(27)12-26)30-22(21(16)23(28)25-3)14-4-6-15(24)7-5-14/h4-7,10-11,13H,8-9,12H2,1-3H3,(H,25,28). The number of anilines is 1. The Kier molecular flexibility index (Phi) is 5.91. The molecule has 0 unspecified atom stereocenters. The van der Waals surface area contributed by atoms with E-state index >= 15 is 0 Å². The molecule has 1 N–H and O–H groups in total. The van der Waals surface area contributed by atoms with Gasteiger partial charge in [0.1, 0.15) is 22.9 Å². The summed E-state index contributed by atoms with van der Waals surface area (Å²) in [5.74, 6) is 0.946. The first-order valence-electron chi connectivity index (χ1n) is 10.0. The van der Waals surface area contributed by atoms with Gasteiger partial charge in [-0.2, -0.15) is 0 Å². The Morgan fingerprint density at radius 3 is 2.65 bits per heavy atom. The highest BCUT2D eigenvalue weighted by Gasteiger charge is 2.27. The molecule has 0 atom stereocenters. The van der Waals surface area contributed by atoms with Crippen LogP contribution in [0.3, 0.4) is 0 Å². The van der Waals surface area contributed by atoms with E-state index < -0.39 is 0 Å². The van der Waals surface area contributed by atoms with E-state index in [1.165, 1.54) is 23.9 Å². The number of benzene rings is 2. The van der Waals surface area contributed by atoms with Crippen LogP contribution in [-0.4, -0.2) is 43.0 Å². The van der Waals surface area contributed by atoms with Crippen molar-refractivity contribution in [2.75, 3.05) is 30.8 Å². The summed E-state index contributed by atoms with van der Waals surface area (Å²) in [7, 11) is 1.55. The van der Waals surface area contributed by atoms with Gasteiger partial charge in [-0.25, -0.2) is 4.39 Å². The van der Waals surface area contributed by atoms with Gasteiger partial charge in [-0.05, 0) is 44.2 Å². The Morgan fingerprint density at radius 1 is 1.26 bits per heavy atom. The van der Waals surface area contributed by atoms with Crippen molar-refractivity contribution in [2.24, 2.45) is 0 Å². The fraction of sp³-hybridized carbons (Fsp3) is 0.304. The van der Waals surface area contributed by atoms with Gasteiger partial charge in [-0.1, -0.05) is 11.8 Å². The molecule has 31 heavy (non-hydrogen) atoms. The number of halogens is 1. The lowest BCUT2D eigenvalue weighted by molar-refractivity contribution is -0.110. The lowest BCUT2D eigenvalue weighted by atomic mass is 10.0. The van der Waals surface area contributed by atoms with E-state index in [0.717, 1.165) is 5.69 Å². The second-order valence-corrected chi connectivity index (χ2v) is 8.67. The number of furan rings is 1. The Hall–Kier alpha value is -3.00. The van der Waals surface area contributed by atoms with Crippen molar-refractivity contribution in [1.29, 1.82) is 0 Å². The van der Waals surface area contributed by atoms with Gasteiger partial charge in [0, 0.05) is 36.4 Å². The molecule has 1 aromatic heterocycles. The van der Waals surface area contributed by atoms with E-state index in [1.54, 1.807) is 25.2 Å². The SMILES string of the molecule is CNC(=O)c1c(-c2ccc(F)cc2)oc2cc(N3CCSC(=O)C3)c(OC(C)C)cc12. The number of nitrogens with zero attached hydrogens (tertiary/aromatic N) is 1. The summed E-state index contributed by atoms with van der Waals surface area (Å²) in [6.07, 6.45) is -0.0991. The van der Waals surface area contributed by atoms with Crippen LogP contribution >= 0.6 is 11.8 Å². The van der Waals surface area contributed by atoms with Crippen LogP contribution in [0.5, 0.6) is 5.75 Å². The van der Waals surface area contributed by atoms with Gasteiger partial charge in [0.25, 0.3) is 5.91 Å². The molecular weight excluding hydrogens is 419 g/mol. The molecule has 8 heteroatoms. The molecular formula is C23H23FN2O4S. The highest BCUT2D eigenvalue weighted by Crippen LogP contribution is 2.41. The average Bonchev–Trinajstić information content (AvgIpc) is 3.11. The van der Waals surface area contributed by atoms with Crippen molar-refractivity contribution in [1.82, 2.24) is 5.32 Å². The number of nitrogens with one attached hydrogen (secondary N) is 1. The quantitative estimate of drug-likeness (QED) is 0.629. The van der Waals surface area contributed by atoms with E-state index in [4.69, 9.17) is 9.15 Å². The predicted molar refractivity (Wildman–Crippen MR) is 120 cm³/mol. The number of fused-ring (bicyclic) bond motifs is 1. The molecule has 2 aromatic carbocycles. The summed E-state index contributed by atoms with van der Waals surface area (Å²) in [4.78, 5) is 26.8. The normalized spacial score (nSPS) is 14.4.